The van der Waals surface area contributed by atoms with Gasteiger partial charge in [-0.2, -0.15) is 0 Å². The number of piperazine rings is 1. The fourth-order valence-electron chi connectivity index (χ4n) is 1.28. The van der Waals surface area contributed by atoms with Crippen molar-refractivity contribution in [2.45, 2.75) is 19.4 Å². The molecule has 1 fully saturated rings. The summed E-state index contributed by atoms with van der Waals surface area (Å²) in [7, 11) is 0. The summed E-state index contributed by atoms with van der Waals surface area (Å²) in [6, 6.07) is 0.315. The number of nitrogens with zero attached hydrogens (tertiary/aromatic N) is 1. The Labute approximate surface area is 78.7 Å². The van der Waals surface area contributed by atoms with Crippen LogP contribution in [0.3, 0.4) is 0 Å². The third kappa shape index (κ3) is 2.94. The zero-order chi connectivity index (χ0) is 8.81. The molecule has 3 nitrogen and oxygen atoms in total. The second-order valence-corrected chi connectivity index (χ2v) is 4.15. The van der Waals surface area contributed by atoms with Gasteiger partial charge in [-0.15, -0.1) is 0 Å². The van der Waals surface area contributed by atoms with E-state index in [1.54, 1.807) is 0 Å². The maximum atomic E-state index is 9.07. The van der Waals surface area contributed by atoms with Gasteiger partial charge < -0.3 is 10.4 Å². The number of nitrogens with one attached hydrogen (secondary N) is 1. The van der Waals surface area contributed by atoms with E-state index in [1.165, 1.54) is 6.42 Å². The van der Waals surface area contributed by atoms with Crippen molar-refractivity contribution in [3.05, 3.63) is 0 Å². The van der Waals surface area contributed by atoms with Gasteiger partial charge in [-0.05, 0) is 6.42 Å². The van der Waals surface area contributed by atoms with Gasteiger partial charge in [0.25, 0.3) is 0 Å². The molecule has 0 spiro atoms. The molecule has 12 heavy (non-hydrogen) atoms. The van der Waals surface area contributed by atoms with Crippen LogP contribution in [0.15, 0.2) is 0 Å². The summed E-state index contributed by atoms with van der Waals surface area (Å²) in [6.07, 6.45) is 1.20. The highest BCUT2D eigenvalue weighted by Crippen LogP contribution is 2.16. The molecular weight excluding hydrogens is 172 g/mol. The Morgan fingerprint density at radius 1 is 1.67 bits per heavy atom. The number of hydrogen-bond acceptors (Lipinski definition) is 4. The minimum atomic E-state index is 0.268. The van der Waals surface area contributed by atoms with E-state index in [4.69, 9.17) is 5.11 Å². The van der Waals surface area contributed by atoms with Crippen LogP contribution < -0.4 is 5.32 Å². The third-order valence-electron chi connectivity index (χ3n) is 1.97. The smallest absolute Gasteiger partial charge is 0.0608 e. The number of rotatable bonds is 4. The summed E-state index contributed by atoms with van der Waals surface area (Å²) in [6.45, 7) is 5.48. The molecule has 1 aliphatic rings. The molecule has 1 rings (SSSR count). The third-order valence-corrected chi connectivity index (χ3v) is 3.37. The SMILES string of the molecule is CCCSN1CCNC[C@@H]1CO. The molecule has 0 saturated carbocycles. The highest BCUT2D eigenvalue weighted by Gasteiger charge is 2.20. The van der Waals surface area contributed by atoms with E-state index in [2.05, 4.69) is 16.5 Å². The molecule has 1 aliphatic heterocycles. The standard InChI is InChI=1S/C8H18N2OS/c1-2-5-12-10-4-3-9-6-8(10)7-11/h8-9,11H,2-7H2,1H3/t8-/m1/s1. The maximum Gasteiger partial charge on any atom is 0.0608 e. The van der Waals surface area contributed by atoms with Crippen molar-refractivity contribution in [1.82, 2.24) is 9.62 Å². The van der Waals surface area contributed by atoms with Crippen LogP contribution in [0.2, 0.25) is 0 Å². The number of aliphatic hydroxyl groups is 1. The van der Waals surface area contributed by atoms with Crippen molar-refractivity contribution >= 4 is 11.9 Å². The summed E-state index contributed by atoms with van der Waals surface area (Å²) >= 11 is 1.86. The normalized spacial score (nSPS) is 26.0. The molecule has 2 N–H and O–H groups in total. The van der Waals surface area contributed by atoms with Crippen molar-refractivity contribution in [3.63, 3.8) is 0 Å². The molecule has 4 heteroatoms. The first-order valence-electron chi connectivity index (χ1n) is 4.59. The van der Waals surface area contributed by atoms with Gasteiger partial charge in [0, 0.05) is 25.4 Å². The summed E-state index contributed by atoms with van der Waals surface area (Å²) in [4.78, 5) is 0. The molecule has 0 bridgehead atoms. The quantitative estimate of drug-likeness (QED) is 0.626. The second kappa shape index (κ2) is 5.80. The van der Waals surface area contributed by atoms with Crippen molar-refractivity contribution in [2.24, 2.45) is 0 Å². The van der Waals surface area contributed by atoms with Crippen LogP contribution in [0.25, 0.3) is 0 Å². The van der Waals surface area contributed by atoms with E-state index in [-0.39, 0.29) is 6.61 Å². The second-order valence-electron chi connectivity index (χ2n) is 3.01. The van der Waals surface area contributed by atoms with E-state index in [0.29, 0.717) is 6.04 Å². The lowest BCUT2D eigenvalue weighted by molar-refractivity contribution is 0.174. The lowest BCUT2D eigenvalue weighted by Gasteiger charge is -2.33. The Hall–Kier alpha value is 0.230. The summed E-state index contributed by atoms with van der Waals surface area (Å²) in [5.41, 5.74) is 0. The minimum Gasteiger partial charge on any atom is -0.395 e. The molecule has 0 unspecified atom stereocenters. The fourth-order valence-corrected chi connectivity index (χ4v) is 2.27. The molecular formula is C8H18N2OS. The van der Waals surface area contributed by atoms with Crippen molar-refractivity contribution in [2.75, 3.05) is 32.0 Å². The molecule has 0 radical (unpaired) electrons. The average Bonchev–Trinajstić information content (AvgIpc) is 2.15. The van der Waals surface area contributed by atoms with Gasteiger partial charge in [0.15, 0.2) is 0 Å². The molecule has 1 heterocycles. The van der Waals surface area contributed by atoms with Crippen LogP contribution in [0.5, 0.6) is 0 Å². The minimum absolute atomic E-state index is 0.268. The lowest BCUT2D eigenvalue weighted by Crippen LogP contribution is -2.49. The predicted octanol–water partition coefficient (Wildman–Crippen LogP) is 0.311. The van der Waals surface area contributed by atoms with Gasteiger partial charge in [0.1, 0.15) is 0 Å². The number of hydrogen-bond donors (Lipinski definition) is 2. The first kappa shape index (κ1) is 10.3. The Bertz CT molecular complexity index is 124. The van der Waals surface area contributed by atoms with Crippen molar-refractivity contribution < 1.29 is 5.11 Å². The van der Waals surface area contributed by atoms with Crippen LogP contribution in [0.4, 0.5) is 0 Å². The summed E-state index contributed by atoms with van der Waals surface area (Å²) in [5.74, 6) is 1.16. The largest absolute Gasteiger partial charge is 0.395 e. The molecule has 0 aliphatic carbocycles. The molecule has 1 saturated heterocycles. The van der Waals surface area contributed by atoms with Gasteiger partial charge in [0.05, 0.1) is 12.6 Å². The lowest BCUT2D eigenvalue weighted by atomic mass is 10.2. The first-order valence-corrected chi connectivity index (χ1v) is 5.54. The molecule has 0 aromatic carbocycles. The van der Waals surface area contributed by atoms with E-state index in [9.17, 15) is 0 Å². The molecule has 1 atom stereocenters. The topological polar surface area (TPSA) is 35.5 Å². The summed E-state index contributed by atoms with van der Waals surface area (Å²) < 4.78 is 2.31. The highest BCUT2D eigenvalue weighted by molar-refractivity contribution is 7.97. The van der Waals surface area contributed by atoms with Crippen LogP contribution in [-0.4, -0.2) is 47.4 Å². The Morgan fingerprint density at radius 3 is 3.17 bits per heavy atom. The molecule has 0 amide bonds. The van der Waals surface area contributed by atoms with Gasteiger partial charge in [-0.1, -0.05) is 18.9 Å². The predicted molar refractivity (Wildman–Crippen MR) is 53.2 cm³/mol. The molecule has 0 aromatic heterocycles. The van der Waals surface area contributed by atoms with Crippen LogP contribution in [0.1, 0.15) is 13.3 Å². The van der Waals surface area contributed by atoms with Crippen molar-refractivity contribution in [1.29, 1.82) is 0 Å². The Morgan fingerprint density at radius 2 is 2.50 bits per heavy atom. The van der Waals surface area contributed by atoms with Crippen LogP contribution >= 0.6 is 11.9 Å². The first-order chi connectivity index (χ1) is 5.88. The molecule has 72 valence electrons. The van der Waals surface area contributed by atoms with E-state index in [1.807, 2.05) is 11.9 Å². The maximum absolute atomic E-state index is 9.07. The average molecular weight is 190 g/mol. The highest BCUT2D eigenvalue weighted by atomic mass is 32.2. The molecule has 0 aromatic rings. The van der Waals surface area contributed by atoms with Crippen molar-refractivity contribution in [3.8, 4) is 0 Å². The zero-order valence-corrected chi connectivity index (χ0v) is 8.44. The number of aliphatic hydroxyl groups excluding tert-OH is 1. The van der Waals surface area contributed by atoms with Gasteiger partial charge in [0.2, 0.25) is 0 Å². The van der Waals surface area contributed by atoms with E-state index < -0.39 is 0 Å². The summed E-state index contributed by atoms with van der Waals surface area (Å²) in [5, 5.41) is 12.3. The zero-order valence-electron chi connectivity index (χ0n) is 7.62. The van der Waals surface area contributed by atoms with Gasteiger partial charge in [-0.3, -0.25) is 0 Å². The van der Waals surface area contributed by atoms with Crippen LogP contribution in [-0.2, 0) is 0 Å². The van der Waals surface area contributed by atoms with E-state index in [0.717, 1.165) is 25.4 Å². The fraction of sp³-hybridized carbons (Fsp3) is 1.00. The van der Waals surface area contributed by atoms with Crippen LogP contribution in [0, 0.1) is 0 Å². The Balaban J connectivity index is 2.26. The van der Waals surface area contributed by atoms with Gasteiger partial charge in [-0.25, -0.2) is 4.31 Å². The van der Waals surface area contributed by atoms with E-state index >= 15 is 0 Å². The monoisotopic (exact) mass is 190 g/mol. The van der Waals surface area contributed by atoms with Gasteiger partial charge >= 0.3 is 0 Å². The Kier molecular flexibility index (Phi) is 4.99.